The standard InChI is InChI=1S/6C17H22N6O/c6*1-11-5-6-23(15(24)8-18-3)9-14(11)22(4)17-13-7-12(2)21-16(13)19-10-20-17/h6*7,10-11,14H,5-6,8-9H2,1-2,4H3,(H,19,20,21)/t6*11-,14+/m111111/s1/i1D3,5D2,6D2,7D,9D2,11D,14D;1D3,4D3,5D2,6D2,7D,9D2,14D;1D3,4D3,5D2,6D2,7D,9D2,11D;1D3,5D2,6D2,7D,9D2,14D;1D3,5D2,6D2,7D,9D2,11D;1D3,4D3,5D2,6D2,7D,9D2. The number of aryl methyl sites for hydroxylation is 6. The molecular formula is C102H132N36O6. The zero-order valence-electron chi connectivity index (χ0n) is 152. The highest BCUT2D eigenvalue weighted by Gasteiger charge is 2.41. The Labute approximate surface area is 945 Å². The molecule has 6 aliphatic rings. The van der Waals surface area contributed by atoms with Gasteiger partial charge in [-0.15, -0.1) is 0 Å². The molecule has 0 aromatic carbocycles. The van der Waals surface area contributed by atoms with Gasteiger partial charge in [0.25, 0.3) is 39.3 Å². The third-order valence-electron chi connectivity index (χ3n) is 19.9. The lowest BCUT2D eigenvalue weighted by atomic mass is 9.92. The van der Waals surface area contributed by atoms with Crippen LogP contribution in [0.15, 0.2) is 74.2 Å². The van der Waals surface area contributed by atoms with Gasteiger partial charge in [-0.2, -0.15) is 0 Å². The minimum Gasteiger partial charge on any atom is -0.354 e. The lowest BCUT2D eigenvalue weighted by Crippen LogP contribution is -2.53. The Hall–Kier alpha value is -15.7. The highest BCUT2D eigenvalue weighted by atomic mass is 16.2. The molecule has 0 unspecified atom stereocenters. The first kappa shape index (κ1) is 44.8. The number of carbonyl (C=O) groups is 6. The van der Waals surface area contributed by atoms with E-state index in [1.165, 1.54) is 27.7 Å². The fraction of sp³-hybridized carbons (Fsp3) is 0.529. The molecule has 0 spiro atoms. The fourth-order valence-electron chi connectivity index (χ4n) is 13.3. The van der Waals surface area contributed by atoms with Gasteiger partial charge in [-0.3, -0.25) is 28.8 Å². The lowest BCUT2D eigenvalue weighted by Gasteiger charge is -2.41. The molecule has 0 bridgehead atoms. The summed E-state index contributed by atoms with van der Waals surface area (Å²) in [6, 6.07) is -20.1. The van der Waals surface area contributed by atoms with Gasteiger partial charge >= 0.3 is 35.4 Å². The van der Waals surface area contributed by atoms with Crippen LogP contribution < -0.4 is 29.4 Å². The van der Waals surface area contributed by atoms with E-state index in [0.29, 0.717) is 26.9 Å². The number of H-pyrrole nitrogens is 6. The number of aromatic amines is 6. The smallest absolute Gasteiger partial charge is 0.302 e. The number of fused-ring (bicyclic) bond motifs is 6. The van der Waals surface area contributed by atoms with Gasteiger partial charge in [0.1, 0.15) is 107 Å². The van der Waals surface area contributed by atoms with Crippen molar-refractivity contribution in [2.45, 2.75) is 157 Å². The maximum absolute atomic E-state index is 12.9. The largest absolute Gasteiger partial charge is 0.354 e. The number of amides is 6. The summed E-state index contributed by atoms with van der Waals surface area (Å²) < 4.78 is 628. The van der Waals surface area contributed by atoms with E-state index in [9.17, 15) is 32.9 Å². The van der Waals surface area contributed by atoms with Crippen LogP contribution in [0.5, 0.6) is 0 Å². The number of hydrogen-bond donors (Lipinski definition) is 6. The van der Waals surface area contributed by atoms with Gasteiger partial charge in [0, 0.05) is 228 Å². The molecule has 0 saturated carbocycles. The van der Waals surface area contributed by atoms with E-state index in [0.717, 1.165) is 64.0 Å². The zero-order chi connectivity index (χ0) is 169. The van der Waals surface area contributed by atoms with Crippen LogP contribution >= 0.6 is 0 Å². The second kappa shape index (κ2) is 47.7. The second-order valence-electron chi connectivity index (χ2n) is 30.0. The monoisotopic (exact) mass is 2030 g/mol. The molecule has 12 atom stereocenters. The number of piperidine rings is 6. The third kappa shape index (κ3) is 24.5. The molecule has 756 valence electrons. The Kier molecular flexibility index (Phi) is 14.9. The van der Waals surface area contributed by atoms with Gasteiger partial charge in [0.15, 0.2) is 0 Å². The van der Waals surface area contributed by atoms with Crippen molar-refractivity contribution in [1.82, 2.24) is 119 Å². The summed E-state index contributed by atoms with van der Waals surface area (Å²) in [5.41, 5.74) is 1.59. The minimum atomic E-state index is -3.95. The minimum absolute atomic E-state index is 0.00704. The number of nitrogens with one attached hydrogen (secondary N) is 6. The molecule has 144 heavy (non-hydrogen) atoms. The van der Waals surface area contributed by atoms with Crippen LogP contribution in [0.4, 0.5) is 34.9 Å². The van der Waals surface area contributed by atoms with Gasteiger partial charge in [0.05, 0.1) is 97.3 Å². The first-order valence-electron chi connectivity index (χ1n) is 78.8. The summed E-state index contributed by atoms with van der Waals surface area (Å²) in [5, 5.41) is -0.985. The van der Waals surface area contributed by atoms with Crippen LogP contribution in [0.3, 0.4) is 0 Å². The summed E-state index contributed by atoms with van der Waals surface area (Å²) >= 11 is 0. The number of aromatic nitrogens is 18. The molecule has 6 amide bonds. The average Bonchev–Trinajstić information content (AvgIpc) is 0.819. The molecule has 0 radical (unpaired) electrons. The van der Waals surface area contributed by atoms with E-state index in [-0.39, 0.29) is 170 Å². The van der Waals surface area contributed by atoms with Gasteiger partial charge < -0.3 is 118 Å². The molecule has 42 nitrogen and oxygen atoms in total. The molecule has 12 aromatic rings. The normalized spacial score (nSPS) is 38.6. The Morgan fingerprint density at radius 1 is 0.312 bits per heavy atom. The third-order valence-corrected chi connectivity index (χ3v) is 19.9. The van der Waals surface area contributed by atoms with E-state index in [4.69, 9.17) is 138 Å². The molecule has 18 heterocycles. The summed E-state index contributed by atoms with van der Waals surface area (Å²) in [5.74, 6) is -32.1. The average molecular weight is 2030 g/mol. The van der Waals surface area contributed by atoms with Gasteiger partial charge in [-0.1, -0.05) is 41.1 Å². The molecule has 6 N–H and O–H groups in total. The van der Waals surface area contributed by atoms with Crippen LogP contribution in [-0.4, -0.2) is 350 Å². The van der Waals surface area contributed by atoms with Crippen molar-refractivity contribution >= 4 is 137 Å². The maximum Gasteiger partial charge on any atom is 0.302 e. The zero-order valence-corrected chi connectivity index (χ0v) is 76.5. The van der Waals surface area contributed by atoms with E-state index in [2.05, 4.69) is 119 Å². The number of rotatable bonds is 18. The van der Waals surface area contributed by atoms with Gasteiger partial charge in [-0.25, -0.2) is 99.2 Å². The van der Waals surface area contributed by atoms with E-state index < -0.39 is 353 Å². The predicted molar refractivity (Wildman–Crippen MR) is 556 cm³/mol. The SMILES string of the molecule is [2H]c1c(C)[nH]c2ncnc(N(C([2H])([2H])[2H])[C@]3([2H])[C@H](C([2H])([2H])[2H])C([2H])([2H])C([2H])([2H])N(C(=O)C[N+]#[C-])C3([2H])[2H])c12.[2H]c1c(C)[nH]c2ncnc(N(C)[C@@]3([2H])C([2H])([2H])N(C(=O)C[N+]#[C-])C([2H])([2H])C([2H])([2H])[C@@]3([2H])C([2H])([2H])[2H])c12.[2H]c1c(C)[nH]c2ncnc(N(C)[C@H]3C([2H])([2H])N(C(=O)C[N+]#[C-])C([2H])([2H])C([2H])([2H])[C@@]3([2H])C([2H])([2H])[2H])c12.[2H]c1c(C)[nH]c2ncnc(N(C)[C@]3([2H])[C@H](C([2H])([2H])[2H])C([2H])([2H])C([2H])([2H])N(C(=O)C[N+]#[C-])C3([2H])[2H])c12.[2H]c1c(C)[nH]c2ncnc(N([C@@H]3[C@H](C([2H])([2H])[2H])C([2H])([2H])C([2H])([2H])N(C(=O)C[N+]#[C-])C3([2H])[2H])C([2H])([2H])[2H])c12.[2H]c1c(C)[nH]c2ncnc(N([C@H]3C([2H])([2H])N(C(=O)C[N+]#[C-])C([2H])([2H])C([2H])([2H])[C@@]3([2H])C([2H])([2H])[2H])C([2H])([2H])[2H])c12. The molecule has 12 aromatic heterocycles. The Morgan fingerprint density at radius 2 is 0.542 bits per heavy atom. The van der Waals surface area contributed by atoms with Crippen LogP contribution in [0, 0.1) is 116 Å². The van der Waals surface area contributed by atoms with Crippen molar-refractivity contribution in [2.24, 2.45) is 35.4 Å². The molecule has 6 aliphatic heterocycles. The van der Waals surface area contributed by atoms with E-state index >= 15 is 0 Å². The van der Waals surface area contributed by atoms with Crippen LogP contribution in [-0.2, 0) is 28.8 Å². The highest BCUT2D eigenvalue weighted by Crippen LogP contribution is 2.38. The second-order valence-corrected chi connectivity index (χ2v) is 30.0. The summed E-state index contributed by atoms with van der Waals surface area (Å²) in [6.07, 6.45) is -16.8. The first-order valence-corrected chi connectivity index (χ1v) is 41.3. The van der Waals surface area contributed by atoms with E-state index in [1.807, 2.05) is 0 Å². The number of likely N-dealkylation sites (tertiary alicyclic amines) is 6. The summed E-state index contributed by atoms with van der Waals surface area (Å²) in [7, 11) is 3.12. The summed E-state index contributed by atoms with van der Waals surface area (Å²) in [4.78, 5) is 158. The summed E-state index contributed by atoms with van der Waals surface area (Å²) in [6.45, 7) is -32.6. The van der Waals surface area contributed by atoms with Crippen molar-refractivity contribution in [3.8, 4) is 0 Å². The Bertz CT molecular complexity index is 10600. The molecule has 18 rings (SSSR count). The first-order chi connectivity index (χ1) is 98.4. The van der Waals surface area contributed by atoms with E-state index in [1.54, 1.807) is 13.8 Å². The van der Waals surface area contributed by atoms with Crippen LogP contribution in [0.2, 0.25) is 0 Å². The van der Waals surface area contributed by atoms with Crippen molar-refractivity contribution in [1.29, 1.82) is 0 Å². The number of carbonyl (C=O) groups excluding carboxylic acids is 6. The van der Waals surface area contributed by atoms with Crippen molar-refractivity contribution in [3.05, 3.63) is 177 Å². The Balaban J connectivity index is 0.000000209. The van der Waals surface area contributed by atoms with Gasteiger partial charge in [0.2, 0.25) is 0 Å². The van der Waals surface area contributed by atoms with Crippen molar-refractivity contribution < 1.29 is 132 Å². The Morgan fingerprint density at radius 3 is 0.833 bits per heavy atom. The fourth-order valence-corrected chi connectivity index (χ4v) is 13.3. The van der Waals surface area contributed by atoms with Crippen LogP contribution in [0.25, 0.3) is 95.3 Å². The van der Waals surface area contributed by atoms with Crippen molar-refractivity contribution in [3.63, 3.8) is 0 Å². The number of likely N-dealkylation sites (N-methyl/N-ethyl adjacent to an activating group) is 6. The predicted octanol–water partition coefficient (Wildman–Crippen LogP) is 11.2. The lowest BCUT2D eigenvalue weighted by molar-refractivity contribution is -0.131. The highest BCUT2D eigenvalue weighted by molar-refractivity contribution is 5.94. The maximum atomic E-state index is 12.9. The number of hydrogen-bond acceptors (Lipinski definition) is 24. The quantitative estimate of drug-likeness (QED) is 0.0435. The molecule has 6 fully saturated rings. The van der Waals surface area contributed by atoms with Crippen molar-refractivity contribution in [2.75, 3.05) is 189 Å². The number of nitrogens with zero attached hydrogens (tertiary/aromatic N) is 30. The topological polar surface area (TPSA) is 417 Å². The molecule has 0 aliphatic carbocycles. The van der Waals surface area contributed by atoms with Crippen LogP contribution in [0.1, 0.15) is 216 Å². The van der Waals surface area contributed by atoms with Gasteiger partial charge in [-0.05, 0) is 151 Å². The molecule has 42 heteroatoms. The number of anilines is 6. The molecule has 6 saturated heterocycles. The molecular weight excluding hydrogens is 1830 g/mol.